The first-order valence-corrected chi connectivity index (χ1v) is 2.71. The molecule has 10 heavy (non-hydrogen) atoms. The van der Waals surface area contributed by atoms with Gasteiger partial charge < -0.3 is 25.2 Å². The first-order chi connectivity index (χ1) is 4.63. The summed E-state index contributed by atoms with van der Waals surface area (Å²) in [5, 5.41) is 35.0. The Kier molecular flexibility index (Phi) is 1.80. The fourth-order valence-electron chi connectivity index (χ4n) is 0.621. The number of ether oxygens (including phenoxy) is 1. The van der Waals surface area contributed by atoms with Gasteiger partial charge in [0, 0.05) is 0 Å². The number of hydrogen-bond donors (Lipinski definition) is 4. The van der Waals surface area contributed by atoms with Crippen molar-refractivity contribution >= 4 is 0 Å². The highest BCUT2D eigenvalue weighted by Crippen LogP contribution is 2.14. The van der Waals surface area contributed by atoms with Gasteiger partial charge in [-0.15, -0.1) is 0 Å². The smallest absolute Gasteiger partial charge is 0.226 e. The summed E-state index contributed by atoms with van der Waals surface area (Å²) in [5.41, 5.74) is 0. The maximum Gasteiger partial charge on any atom is 0.226 e. The van der Waals surface area contributed by atoms with E-state index in [1.54, 1.807) is 0 Å². The summed E-state index contributed by atoms with van der Waals surface area (Å²) in [7, 11) is 0. The van der Waals surface area contributed by atoms with Crippen LogP contribution >= 0.6 is 0 Å². The molecule has 0 aromatic heterocycles. The molecule has 0 fully saturated rings. The van der Waals surface area contributed by atoms with Crippen molar-refractivity contribution < 1.29 is 25.2 Å². The summed E-state index contributed by atoms with van der Waals surface area (Å²) in [6.45, 7) is 0. The van der Waals surface area contributed by atoms with Gasteiger partial charge in [-0.05, 0) is 0 Å². The molecule has 5 heteroatoms. The van der Waals surface area contributed by atoms with E-state index in [2.05, 4.69) is 4.74 Å². The predicted molar refractivity (Wildman–Crippen MR) is 29.8 cm³/mol. The molecule has 0 aromatic rings. The summed E-state index contributed by atoms with van der Waals surface area (Å²) in [6, 6.07) is 0. The Morgan fingerprint density at radius 1 is 1.30 bits per heavy atom. The molecule has 5 nitrogen and oxygen atoms in total. The van der Waals surface area contributed by atoms with Gasteiger partial charge in [0.05, 0.1) is 0 Å². The Balaban J connectivity index is 2.71. The van der Waals surface area contributed by atoms with Crippen LogP contribution in [-0.4, -0.2) is 38.9 Å². The van der Waals surface area contributed by atoms with Gasteiger partial charge in [-0.3, -0.25) is 0 Å². The SMILES string of the molecule is OC1=CO[C@@H](O)[C@@H](O)C1O. The maximum atomic E-state index is 8.81. The van der Waals surface area contributed by atoms with Crippen LogP contribution in [-0.2, 0) is 4.74 Å². The predicted octanol–water partition coefficient (Wildman–Crippen LogP) is -1.54. The molecule has 1 aliphatic rings. The molecule has 0 amide bonds. The van der Waals surface area contributed by atoms with Crippen molar-refractivity contribution in [1.29, 1.82) is 0 Å². The summed E-state index contributed by atoms with van der Waals surface area (Å²) in [4.78, 5) is 0. The van der Waals surface area contributed by atoms with E-state index in [1.165, 1.54) is 0 Å². The van der Waals surface area contributed by atoms with Crippen LogP contribution in [0, 0.1) is 0 Å². The molecule has 1 unspecified atom stereocenters. The fourth-order valence-corrected chi connectivity index (χ4v) is 0.621. The zero-order chi connectivity index (χ0) is 7.72. The number of rotatable bonds is 0. The summed E-state index contributed by atoms with van der Waals surface area (Å²) < 4.78 is 4.31. The molecule has 4 N–H and O–H groups in total. The van der Waals surface area contributed by atoms with Crippen molar-refractivity contribution in [3.05, 3.63) is 12.0 Å². The van der Waals surface area contributed by atoms with Gasteiger partial charge in [-0.25, -0.2) is 0 Å². The van der Waals surface area contributed by atoms with E-state index in [4.69, 9.17) is 20.4 Å². The van der Waals surface area contributed by atoms with Crippen molar-refractivity contribution in [1.82, 2.24) is 0 Å². The Labute approximate surface area is 56.8 Å². The minimum atomic E-state index is -1.48. The van der Waals surface area contributed by atoms with Gasteiger partial charge >= 0.3 is 0 Å². The van der Waals surface area contributed by atoms with Crippen LogP contribution in [0.4, 0.5) is 0 Å². The second kappa shape index (κ2) is 2.45. The average Bonchev–Trinajstić information content (AvgIpc) is 1.93. The van der Waals surface area contributed by atoms with E-state index in [9.17, 15) is 0 Å². The third-order valence-corrected chi connectivity index (χ3v) is 1.25. The number of aliphatic hydroxyl groups is 4. The quantitative estimate of drug-likeness (QED) is 0.334. The molecule has 0 spiro atoms. The Bertz CT molecular complexity index is 154. The lowest BCUT2D eigenvalue weighted by molar-refractivity contribution is -0.177. The average molecular weight is 148 g/mol. The van der Waals surface area contributed by atoms with Gasteiger partial charge in [0.15, 0.2) is 5.76 Å². The highest BCUT2D eigenvalue weighted by Gasteiger charge is 2.32. The van der Waals surface area contributed by atoms with Crippen molar-refractivity contribution in [2.75, 3.05) is 0 Å². The Morgan fingerprint density at radius 2 is 1.90 bits per heavy atom. The summed E-state index contributed by atoms with van der Waals surface area (Å²) >= 11 is 0. The molecule has 0 aliphatic carbocycles. The summed E-state index contributed by atoms with van der Waals surface area (Å²) in [5.74, 6) is -0.488. The molecule has 1 aliphatic heterocycles. The van der Waals surface area contributed by atoms with Crippen LogP contribution in [0.5, 0.6) is 0 Å². The first kappa shape index (κ1) is 7.33. The lowest BCUT2D eigenvalue weighted by atomic mass is 10.1. The highest BCUT2D eigenvalue weighted by molar-refractivity contribution is 5.01. The molecule has 0 saturated heterocycles. The van der Waals surface area contributed by atoms with Gasteiger partial charge in [-0.1, -0.05) is 0 Å². The molecule has 1 heterocycles. The highest BCUT2D eigenvalue weighted by atomic mass is 16.6. The van der Waals surface area contributed by atoms with Crippen LogP contribution in [0.3, 0.4) is 0 Å². The molecular formula is C5H8O5. The van der Waals surface area contributed by atoms with Crippen molar-refractivity contribution in [2.24, 2.45) is 0 Å². The lowest BCUT2D eigenvalue weighted by Crippen LogP contribution is -2.42. The van der Waals surface area contributed by atoms with Crippen molar-refractivity contribution in [3.8, 4) is 0 Å². The van der Waals surface area contributed by atoms with Crippen LogP contribution in [0.1, 0.15) is 0 Å². The van der Waals surface area contributed by atoms with E-state index in [0.29, 0.717) is 0 Å². The van der Waals surface area contributed by atoms with Gasteiger partial charge in [0.1, 0.15) is 18.5 Å². The minimum Gasteiger partial charge on any atom is -0.506 e. The summed E-state index contributed by atoms with van der Waals surface area (Å²) in [6.07, 6.45) is -3.61. The van der Waals surface area contributed by atoms with Crippen LogP contribution in [0.15, 0.2) is 12.0 Å². The Hall–Kier alpha value is -0.780. The van der Waals surface area contributed by atoms with E-state index < -0.39 is 24.3 Å². The third-order valence-electron chi connectivity index (χ3n) is 1.25. The van der Waals surface area contributed by atoms with E-state index in [-0.39, 0.29) is 0 Å². The minimum absolute atomic E-state index is 0.488. The van der Waals surface area contributed by atoms with Crippen molar-refractivity contribution in [3.63, 3.8) is 0 Å². The molecule has 0 aromatic carbocycles. The lowest BCUT2D eigenvalue weighted by Gasteiger charge is -2.25. The van der Waals surface area contributed by atoms with Crippen LogP contribution in [0.25, 0.3) is 0 Å². The van der Waals surface area contributed by atoms with Gasteiger partial charge in [0.2, 0.25) is 6.29 Å². The topological polar surface area (TPSA) is 90.2 Å². The zero-order valence-electron chi connectivity index (χ0n) is 5.01. The number of hydrogen-bond acceptors (Lipinski definition) is 5. The third kappa shape index (κ3) is 1.06. The molecule has 0 bridgehead atoms. The molecule has 0 radical (unpaired) electrons. The second-order valence-corrected chi connectivity index (χ2v) is 2.00. The van der Waals surface area contributed by atoms with E-state index in [1.807, 2.05) is 0 Å². The maximum absolute atomic E-state index is 8.81. The van der Waals surface area contributed by atoms with Gasteiger partial charge in [0.25, 0.3) is 0 Å². The second-order valence-electron chi connectivity index (χ2n) is 2.00. The molecule has 0 saturated carbocycles. The fraction of sp³-hybridized carbons (Fsp3) is 0.600. The largest absolute Gasteiger partial charge is 0.506 e. The van der Waals surface area contributed by atoms with Crippen LogP contribution in [0.2, 0.25) is 0 Å². The zero-order valence-corrected chi connectivity index (χ0v) is 5.01. The first-order valence-electron chi connectivity index (χ1n) is 2.71. The molecule has 1 rings (SSSR count). The van der Waals surface area contributed by atoms with E-state index in [0.717, 1.165) is 6.26 Å². The van der Waals surface area contributed by atoms with Crippen LogP contribution < -0.4 is 0 Å². The standard InChI is InChI=1S/C5H8O5/c6-2-1-10-5(9)4(8)3(2)7/h1,3-9H/t3?,4-,5+/m0/s1. The molecule has 3 atom stereocenters. The van der Waals surface area contributed by atoms with Crippen molar-refractivity contribution in [2.45, 2.75) is 18.5 Å². The molecular weight excluding hydrogens is 140 g/mol. The Morgan fingerprint density at radius 3 is 2.40 bits per heavy atom. The number of aliphatic hydroxyl groups excluding tert-OH is 4. The monoisotopic (exact) mass is 148 g/mol. The van der Waals surface area contributed by atoms with Gasteiger partial charge in [-0.2, -0.15) is 0 Å². The van der Waals surface area contributed by atoms with E-state index >= 15 is 0 Å². The normalized spacial score (nSPS) is 40.3. The molecule has 58 valence electrons.